The quantitative estimate of drug-likeness (QED) is 0.193. The van der Waals surface area contributed by atoms with Gasteiger partial charge in [0, 0.05) is 38.8 Å². The summed E-state index contributed by atoms with van der Waals surface area (Å²) in [6, 6.07) is 51.3. The number of nitrogens with zero attached hydrogens (tertiary/aromatic N) is 2. The van der Waals surface area contributed by atoms with Gasteiger partial charge >= 0.3 is 0 Å². The molecule has 10 rings (SSSR count). The van der Waals surface area contributed by atoms with E-state index in [1.54, 1.807) is 0 Å². The second-order valence-electron chi connectivity index (χ2n) is 13.8. The zero-order valence-corrected chi connectivity index (χ0v) is 27.8. The molecule has 0 radical (unpaired) electrons. The number of hydrogen-bond acceptors (Lipinski definition) is 3. The molecule has 0 spiro atoms. The minimum Gasteiger partial charge on any atom is -0.456 e. The van der Waals surface area contributed by atoms with Gasteiger partial charge < -0.3 is 4.74 Å². The Labute approximate surface area is 291 Å². The molecular formula is C47H32N2O. The van der Waals surface area contributed by atoms with Gasteiger partial charge in [0.05, 0.1) is 11.4 Å². The van der Waals surface area contributed by atoms with Gasteiger partial charge in [0.2, 0.25) is 0 Å². The summed E-state index contributed by atoms with van der Waals surface area (Å²) in [7, 11) is 0. The summed E-state index contributed by atoms with van der Waals surface area (Å²) in [6.07, 6.45) is 4.56. The maximum absolute atomic E-state index is 6.96. The molecule has 0 fully saturated rings. The molecule has 7 aromatic carbocycles. The SMILES string of the molecule is CC1(C)C=Cc2c(-c3cc(-c4cccc5ccccc45)nc(-c4cccc5ccccc45)n3)cc3c(c21)Oc1ccccc1-c1ccccc1-3. The monoisotopic (exact) mass is 640 g/mol. The van der Waals surface area contributed by atoms with Gasteiger partial charge in [0.25, 0.3) is 0 Å². The van der Waals surface area contributed by atoms with E-state index in [9.17, 15) is 0 Å². The number of aromatic nitrogens is 2. The average Bonchev–Trinajstić information content (AvgIpc) is 3.41. The maximum Gasteiger partial charge on any atom is 0.161 e. The zero-order chi connectivity index (χ0) is 33.4. The molecule has 236 valence electrons. The third-order valence-electron chi connectivity index (χ3n) is 10.3. The largest absolute Gasteiger partial charge is 0.456 e. The Balaban J connectivity index is 1.30. The summed E-state index contributed by atoms with van der Waals surface area (Å²) < 4.78 is 6.96. The molecule has 0 unspecified atom stereocenters. The van der Waals surface area contributed by atoms with Gasteiger partial charge in [-0.1, -0.05) is 153 Å². The van der Waals surface area contributed by atoms with E-state index in [1.165, 1.54) is 10.9 Å². The van der Waals surface area contributed by atoms with Gasteiger partial charge in [0.1, 0.15) is 11.5 Å². The van der Waals surface area contributed by atoms with E-state index in [0.717, 1.165) is 83.6 Å². The first kappa shape index (κ1) is 28.7. The maximum atomic E-state index is 6.96. The van der Waals surface area contributed by atoms with Crippen LogP contribution in [0.15, 0.2) is 152 Å². The highest BCUT2D eigenvalue weighted by Crippen LogP contribution is 2.55. The fourth-order valence-corrected chi connectivity index (χ4v) is 7.94. The van der Waals surface area contributed by atoms with Crippen LogP contribution in [0.5, 0.6) is 11.5 Å². The molecule has 8 aromatic rings. The predicted octanol–water partition coefficient (Wildman–Crippen LogP) is 12.5. The lowest BCUT2D eigenvalue weighted by Crippen LogP contribution is -2.13. The average molecular weight is 641 g/mol. The van der Waals surface area contributed by atoms with Crippen LogP contribution in [0.25, 0.3) is 83.8 Å². The van der Waals surface area contributed by atoms with Crippen LogP contribution in [0.3, 0.4) is 0 Å². The van der Waals surface area contributed by atoms with Gasteiger partial charge in [-0.25, -0.2) is 9.97 Å². The molecule has 2 aliphatic rings. The highest BCUT2D eigenvalue weighted by atomic mass is 16.5. The van der Waals surface area contributed by atoms with E-state index in [4.69, 9.17) is 14.7 Å². The Bertz CT molecular complexity index is 2610. The second kappa shape index (κ2) is 10.8. The molecule has 1 aromatic heterocycles. The van der Waals surface area contributed by atoms with Crippen molar-refractivity contribution in [2.75, 3.05) is 0 Å². The van der Waals surface area contributed by atoms with Crippen LogP contribution in [0.1, 0.15) is 25.0 Å². The van der Waals surface area contributed by atoms with E-state index in [1.807, 2.05) is 0 Å². The lowest BCUT2D eigenvalue weighted by molar-refractivity contribution is 0.470. The minimum absolute atomic E-state index is 0.256. The highest BCUT2D eigenvalue weighted by molar-refractivity contribution is 6.00. The van der Waals surface area contributed by atoms with E-state index in [2.05, 4.69) is 172 Å². The number of allylic oxidation sites excluding steroid dienone is 1. The molecule has 0 amide bonds. The van der Waals surface area contributed by atoms with E-state index in [-0.39, 0.29) is 5.41 Å². The molecule has 0 saturated heterocycles. The van der Waals surface area contributed by atoms with Crippen LogP contribution >= 0.6 is 0 Å². The molecule has 2 heterocycles. The summed E-state index contributed by atoms with van der Waals surface area (Å²) in [5, 5.41) is 4.64. The Hall–Kier alpha value is -6.32. The zero-order valence-electron chi connectivity index (χ0n) is 27.8. The van der Waals surface area contributed by atoms with Crippen LogP contribution in [0.4, 0.5) is 0 Å². The number of ether oxygens (including phenoxy) is 1. The normalized spacial score (nSPS) is 13.6. The smallest absolute Gasteiger partial charge is 0.161 e. The Morgan fingerprint density at radius 2 is 1.02 bits per heavy atom. The first-order chi connectivity index (χ1) is 24.5. The van der Waals surface area contributed by atoms with E-state index >= 15 is 0 Å². The van der Waals surface area contributed by atoms with Crippen molar-refractivity contribution in [3.8, 4) is 67.7 Å². The van der Waals surface area contributed by atoms with Crippen LogP contribution in [-0.4, -0.2) is 9.97 Å². The molecular weight excluding hydrogens is 609 g/mol. The first-order valence-corrected chi connectivity index (χ1v) is 17.2. The van der Waals surface area contributed by atoms with Crippen molar-refractivity contribution in [2.45, 2.75) is 19.3 Å². The summed E-state index contributed by atoms with van der Waals surface area (Å²) in [5.74, 6) is 2.49. The molecule has 0 bridgehead atoms. The third kappa shape index (κ3) is 4.37. The van der Waals surface area contributed by atoms with Gasteiger partial charge in [-0.2, -0.15) is 0 Å². The molecule has 0 saturated carbocycles. The molecule has 0 N–H and O–H groups in total. The minimum atomic E-state index is -0.256. The van der Waals surface area contributed by atoms with Crippen LogP contribution in [-0.2, 0) is 5.41 Å². The standard InChI is InChI=1S/C47H32N2O/c1-47(2)26-25-37-39(27-40-34-20-8-7-19-33(34)36-21-9-10-24-43(36)50-45(40)44(37)47)42-28-41(35-22-11-15-29-13-3-5-17-31(29)35)48-46(49-42)38-23-12-16-30-14-4-6-18-32(30)38/h3-28H,1-2H3. The number of fused-ring (bicyclic) bond motifs is 9. The van der Waals surface area contributed by atoms with Crippen molar-refractivity contribution in [1.29, 1.82) is 0 Å². The molecule has 50 heavy (non-hydrogen) atoms. The van der Waals surface area contributed by atoms with Crippen molar-refractivity contribution in [3.63, 3.8) is 0 Å². The van der Waals surface area contributed by atoms with Crippen molar-refractivity contribution < 1.29 is 4.74 Å². The van der Waals surface area contributed by atoms with E-state index < -0.39 is 0 Å². The number of hydrogen-bond donors (Lipinski definition) is 0. The summed E-state index contributed by atoms with van der Waals surface area (Å²) in [5.41, 5.74) is 11.5. The lowest BCUT2D eigenvalue weighted by Gasteiger charge is -2.25. The van der Waals surface area contributed by atoms with Crippen LogP contribution in [0, 0.1) is 0 Å². The topological polar surface area (TPSA) is 35.0 Å². The van der Waals surface area contributed by atoms with Crippen molar-refractivity contribution >= 4 is 27.6 Å². The molecule has 1 aliphatic carbocycles. The summed E-state index contributed by atoms with van der Waals surface area (Å²) in [4.78, 5) is 10.8. The number of para-hydroxylation sites is 1. The molecule has 0 atom stereocenters. The Morgan fingerprint density at radius 3 is 1.76 bits per heavy atom. The third-order valence-corrected chi connectivity index (χ3v) is 10.3. The number of rotatable bonds is 3. The Morgan fingerprint density at radius 1 is 0.480 bits per heavy atom. The lowest BCUT2D eigenvalue weighted by atomic mass is 9.81. The van der Waals surface area contributed by atoms with Crippen molar-refractivity contribution in [2.24, 2.45) is 0 Å². The predicted molar refractivity (Wildman–Crippen MR) is 206 cm³/mol. The summed E-state index contributed by atoms with van der Waals surface area (Å²) >= 11 is 0. The van der Waals surface area contributed by atoms with Gasteiger partial charge in [0.15, 0.2) is 5.82 Å². The van der Waals surface area contributed by atoms with E-state index in [0.29, 0.717) is 5.82 Å². The van der Waals surface area contributed by atoms with Gasteiger partial charge in [-0.15, -0.1) is 0 Å². The Kier molecular flexibility index (Phi) is 6.22. The second-order valence-corrected chi connectivity index (χ2v) is 13.8. The van der Waals surface area contributed by atoms with Crippen molar-refractivity contribution in [1.82, 2.24) is 9.97 Å². The molecule has 1 aliphatic heterocycles. The fraction of sp³-hybridized carbons (Fsp3) is 0.0638. The first-order valence-electron chi connectivity index (χ1n) is 17.2. The van der Waals surface area contributed by atoms with Crippen LogP contribution < -0.4 is 4.74 Å². The van der Waals surface area contributed by atoms with Crippen LogP contribution in [0.2, 0.25) is 0 Å². The summed E-state index contributed by atoms with van der Waals surface area (Å²) in [6.45, 7) is 4.54. The van der Waals surface area contributed by atoms with Crippen molar-refractivity contribution in [3.05, 3.63) is 163 Å². The van der Waals surface area contributed by atoms with Gasteiger partial charge in [-0.05, 0) is 56.4 Å². The molecule has 3 heteroatoms. The highest BCUT2D eigenvalue weighted by Gasteiger charge is 2.36. The number of benzene rings is 7. The van der Waals surface area contributed by atoms with Gasteiger partial charge in [-0.3, -0.25) is 0 Å². The fourth-order valence-electron chi connectivity index (χ4n) is 7.94. The molecule has 3 nitrogen and oxygen atoms in total.